The highest BCUT2D eigenvalue weighted by atomic mass is 16.2. The molecule has 2 heterocycles. The molecule has 3 aromatic rings. The van der Waals surface area contributed by atoms with Gasteiger partial charge in [-0.15, -0.1) is 6.42 Å². The Labute approximate surface area is 113 Å². The Morgan fingerprint density at radius 2 is 2.00 bits per heavy atom. The zero-order chi connectivity index (χ0) is 14.1. The van der Waals surface area contributed by atoms with Crippen molar-refractivity contribution in [3.05, 3.63) is 57.5 Å². The van der Waals surface area contributed by atoms with Crippen molar-refractivity contribution in [3.8, 4) is 18.0 Å². The molecule has 6 heteroatoms. The monoisotopic (exact) mass is 266 g/mol. The molecular weight excluding hydrogens is 256 g/mol. The van der Waals surface area contributed by atoms with Gasteiger partial charge in [-0.2, -0.15) is 0 Å². The van der Waals surface area contributed by atoms with Crippen LogP contribution in [0, 0.1) is 12.3 Å². The quantitative estimate of drug-likeness (QED) is 0.687. The van der Waals surface area contributed by atoms with Crippen LogP contribution >= 0.6 is 0 Å². The number of nitrogens with one attached hydrogen (secondary N) is 1. The van der Waals surface area contributed by atoms with Crippen LogP contribution in [0.5, 0.6) is 0 Å². The summed E-state index contributed by atoms with van der Waals surface area (Å²) in [5.41, 5.74) is 0.0688. The lowest BCUT2D eigenvalue weighted by Crippen LogP contribution is -2.39. The third-order valence-electron chi connectivity index (χ3n) is 2.98. The number of imidazole rings is 1. The van der Waals surface area contributed by atoms with Crippen LogP contribution in [0.1, 0.15) is 0 Å². The van der Waals surface area contributed by atoms with Crippen molar-refractivity contribution in [2.45, 2.75) is 6.54 Å². The normalized spacial score (nSPS) is 10.6. The van der Waals surface area contributed by atoms with Crippen LogP contribution in [0.25, 0.3) is 16.9 Å². The summed E-state index contributed by atoms with van der Waals surface area (Å²) in [6.45, 7) is 0.0489. The summed E-state index contributed by atoms with van der Waals surface area (Å²) in [6.07, 6.45) is 6.65. The van der Waals surface area contributed by atoms with Crippen LogP contribution < -0.4 is 11.2 Å². The molecule has 0 aliphatic rings. The van der Waals surface area contributed by atoms with Crippen LogP contribution in [-0.2, 0) is 6.54 Å². The summed E-state index contributed by atoms with van der Waals surface area (Å²) in [4.78, 5) is 31.6. The number of para-hydroxylation sites is 1. The van der Waals surface area contributed by atoms with E-state index in [9.17, 15) is 9.59 Å². The summed E-state index contributed by atoms with van der Waals surface area (Å²) < 4.78 is 2.37. The summed E-state index contributed by atoms with van der Waals surface area (Å²) in [5, 5.41) is 0. The second-order valence-electron chi connectivity index (χ2n) is 4.15. The van der Waals surface area contributed by atoms with Crippen molar-refractivity contribution in [2.75, 3.05) is 0 Å². The summed E-state index contributed by atoms with van der Waals surface area (Å²) in [5.74, 6) is 2.40. The van der Waals surface area contributed by atoms with E-state index in [1.54, 1.807) is 24.3 Å². The first-order valence-electron chi connectivity index (χ1n) is 5.92. The number of benzene rings is 1. The molecule has 0 saturated heterocycles. The largest absolute Gasteiger partial charge is 0.339 e. The maximum atomic E-state index is 12.5. The standard InChI is InChI=1S/C14H10N4O2/c1-2-8-17-12-11(15-9-16-12)13(19)18(14(17)20)10-6-4-3-5-7-10/h1,3-7,9H,8H2,(H,15,16). The van der Waals surface area contributed by atoms with E-state index in [2.05, 4.69) is 15.9 Å². The number of H-pyrrole nitrogens is 1. The van der Waals surface area contributed by atoms with Crippen LogP contribution in [-0.4, -0.2) is 19.1 Å². The molecule has 98 valence electrons. The van der Waals surface area contributed by atoms with Gasteiger partial charge in [0.25, 0.3) is 5.56 Å². The second kappa shape index (κ2) is 4.55. The van der Waals surface area contributed by atoms with Gasteiger partial charge in [0.15, 0.2) is 5.65 Å². The van der Waals surface area contributed by atoms with Gasteiger partial charge in [-0.25, -0.2) is 14.3 Å². The van der Waals surface area contributed by atoms with Gasteiger partial charge in [0.05, 0.1) is 18.6 Å². The van der Waals surface area contributed by atoms with Crippen LogP contribution in [0.15, 0.2) is 46.2 Å². The SMILES string of the molecule is C#CCn1c(=O)n(-c2ccccc2)c(=O)c2[nH]cnc21. The van der Waals surface area contributed by atoms with E-state index in [0.717, 1.165) is 4.57 Å². The second-order valence-corrected chi connectivity index (χ2v) is 4.15. The fourth-order valence-electron chi connectivity index (χ4n) is 2.10. The van der Waals surface area contributed by atoms with Gasteiger partial charge in [-0.3, -0.25) is 9.36 Å². The number of hydrogen-bond donors (Lipinski definition) is 1. The number of nitrogens with zero attached hydrogens (tertiary/aromatic N) is 3. The minimum atomic E-state index is -0.501. The van der Waals surface area contributed by atoms with E-state index < -0.39 is 11.2 Å². The number of aromatic amines is 1. The molecule has 1 N–H and O–H groups in total. The molecule has 0 unspecified atom stereocenters. The third kappa shape index (κ3) is 1.65. The van der Waals surface area contributed by atoms with Gasteiger partial charge < -0.3 is 4.98 Å². The van der Waals surface area contributed by atoms with Gasteiger partial charge in [-0.1, -0.05) is 24.1 Å². The van der Waals surface area contributed by atoms with Crippen molar-refractivity contribution in [3.63, 3.8) is 0 Å². The maximum absolute atomic E-state index is 12.5. The summed E-state index contributed by atoms with van der Waals surface area (Å²) in [6, 6.07) is 8.69. The fraction of sp³-hybridized carbons (Fsp3) is 0.0714. The lowest BCUT2D eigenvalue weighted by atomic mass is 10.3. The van der Waals surface area contributed by atoms with E-state index in [-0.39, 0.29) is 17.7 Å². The zero-order valence-electron chi connectivity index (χ0n) is 10.4. The molecule has 0 fully saturated rings. The van der Waals surface area contributed by atoms with Crippen molar-refractivity contribution in [2.24, 2.45) is 0 Å². The molecule has 0 saturated carbocycles. The number of hydrogen-bond acceptors (Lipinski definition) is 3. The van der Waals surface area contributed by atoms with E-state index >= 15 is 0 Å². The van der Waals surface area contributed by atoms with Crippen LogP contribution in [0.2, 0.25) is 0 Å². The molecule has 20 heavy (non-hydrogen) atoms. The third-order valence-corrected chi connectivity index (χ3v) is 2.98. The molecule has 0 spiro atoms. The number of terminal acetylenes is 1. The first-order chi connectivity index (χ1) is 9.74. The minimum absolute atomic E-state index is 0.0489. The Morgan fingerprint density at radius 1 is 1.25 bits per heavy atom. The summed E-state index contributed by atoms with van der Waals surface area (Å²) in [7, 11) is 0. The average Bonchev–Trinajstić information content (AvgIpc) is 2.94. The van der Waals surface area contributed by atoms with E-state index in [0.29, 0.717) is 5.69 Å². The predicted octanol–water partition coefficient (Wildman–Crippen LogP) is 0.509. The number of aromatic nitrogens is 4. The Kier molecular flexibility index (Phi) is 2.73. The topological polar surface area (TPSA) is 72.7 Å². The average molecular weight is 266 g/mol. The molecule has 0 aliphatic carbocycles. The summed E-state index contributed by atoms with van der Waals surface area (Å²) >= 11 is 0. The fourth-order valence-corrected chi connectivity index (χ4v) is 2.10. The van der Waals surface area contributed by atoms with Crippen molar-refractivity contribution >= 4 is 11.2 Å². The molecule has 1 aromatic carbocycles. The minimum Gasteiger partial charge on any atom is -0.339 e. The lowest BCUT2D eigenvalue weighted by molar-refractivity contribution is 0.731. The Hall–Kier alpha value is -3.07. The smallest absolute Gasteiger partial charge is 0.338 e. The first-order valence-corrected chi connectivity index (χ1v) is 5.92. The van der Waals surface area contributed by atoms with E-state index in [4.69, 9.17) is 6.42 Å². The molecule has 0 atom stereocenters. The molecule has 2 aromatic heterocycles. The maximum Gasteiger partial charge on any atom is 0.338 e. The predicted molar refractivity (Wildman–Crippen MR) is 74.8 cm³/mol. The van der Waals surface area contributed by atoms with E-state index in [1.165, 1.54) is 10.9 Å². The molecule has 3 rings (SSSR count). The molecule has 0 amide bonds. The lowest BCUT2D eigenvalue weighted by Gasteiger charge is -2.08. The number of fused-ring (bicyclic) bond motifs is 1. The molecule has 0 radical (unpaired) electrons. The highest BCUT2D eigenvalue weighted by Crippen LogP contribution is 2.05. The molecule has 0 aliphatic heterocycles. The molecule has 0 bridgehead atoms. The molecule has 6 nitrogen and oxygen atoms in total. The number of rotatable bonds is 2. The van der Waals surface area contributed by atoms with Crippen molar-refractivity contribution in [1.29, 1.82) is 0 Å². The molecular formula is C14H10N4O2. The van der Waals surface area contributed by atoms with Crippen molar-refractivity contribution in [1.82, 2.24) is 19.1 Å². The van der Waals surface area contributed by atoms with E-state index in [1.807, 2.05) is 6.07 Å². The van der Waals surface area contributed by atoms with Crippen LogP contribution in [0.3, 0.4) is 0 Å². The van der Waals surface area contributed by atoms with Gasteiger partial charge in [0, 0.05) is 0 Å². The van der Waals surface area contributed by atoms with Gasteiger partial charge in [-0.05, 0) is 12.1 Å². The van der Waals surface area contributed by atoms with Gasteiger partial charge >= 0.3 is 5.69 Å². The highest BCUT2D eigenvalue weighted by molar-refractivity contribution is 5.69. The van der Waals surface area contributed by atoms with Crippen molar-refractivity contribution < 1.29 is 0 Å². The Morgan fingerprint density at radius 3 is 2.70 bits per heavy atom. The van der Waals surface area contributed by atoms with Crippen LogP contribution in [0.4, 0.5) is 0 Å². The van der Waals surface area contributed by atoms with Gasteiger partial charge in [0.2, 0.25) is 0 Å². The highest BCUT2D eigenvalue weighted by Gasteiger charge is 2.15. The Balaban J connectivity index is 2.48. The Bertz CT molecular complexity index is 926. The van der Waals surface area contributed by atoms with Gasteiger partial charge in [0.1, 0.15) is 5.52 Å². The zero-order valence-corrected chi connectivity index (χ0v) is 10.4. The first kappa shape index (κ1) is 12.0.